The van der Waals surface area contributed by atoms with Gasteiger partial charge in [0.15, 0.2) is 0 Å². The van der Waals surface area contributed by atoms with Crippen LogP contribution in [0.3, 0.4) is 0 Å². The van der Waals surface area contributed by atoms with Gasteiger partial charge in [-0.25, -0.2) is 4.79 Å². The highest BCUT2D eigenvalue weighted by Crippen LogP contribution is 2.08. The van der Waals surface area contributed by atoms with E-state index >= 15 is 0 Å². The van der Waals surface area contributed by atoms with Gasteiger partial charge in [-0.15, -0.1) is 0 Å². The van der Waals surface area contributed by atoms with E-state index in [0.717, 1.165) is 0 Å². The van der Waals surface area contributed by atoms with Crippen LogP contribution in [0.1, 0.15) is 20.3 Å². The van der Waals surface area contributed by atoms with E-state index in [1.165, 1.54) is 11.8 Å². The van der Waals surface area contributed by atoms with Crippen molar-refractivity contribution >= 4 is 17.9 Å². The minimum atomic E-state index is -1.10. The summed E-state index contributed by atoms with van der Waals surface area (Å²) < 4.78 is 0. The number of hydrogen-bond donors (Lipinski definition) is 3. The lowest BCUT2D eigenvalue weighted by Gasteiger charge is -2.34. The zero-order valence-electron chi connectivity index (χ0n) is 9.90. The second-order valence-electron chi connectivity index (χ2n) is 3.92. The van der Waals surface area contributed by atoms with Crippen LogP contribution in [0.25, 0.3) is 0 Å². The maximum absolute atomic E-state index is 11.8. The van der Waals surface area contributed by atoms with E-state index in [1.54, 1.807) is 6.92 Å². The number of urea groups is 1. The summed E-state index contributed by atoms with van der Waals surface area (Å²) in [6.07, 6.45) is 0.501. The van der Waals surface area contributed by atoms with Crippen LogP contribution in [0.15, 0.2) is 0 Å². The highest BCUT2D eigenvalue weighted by molar-refractivity contribution is 5.89. The normalized spacial score (nSPS) is 21.6. The van der Waals surface area contributed by atoms with E-state index in [0.29, 0.717) is 19.5 Å². The Kier molecular flexibility index (Phi) is 4.30. The van der Waals surface area contributed by atoms with E-state index < -0.39 is 24.1 Å². The first-order chi connectivity index (χ1) is 7.97. The van der Waals surface area contributed by atoms with Crippen molar-refractivity contribution in [3.8, 4) is 0 Å². The number of carbonyl (C=O) groups excluding carboxylic acids is 2. The molecule has 3 N–H and O–H groups in total. The monoisotopic (exact) mass is 243 g/mol. The molecule has 2 atom stereocenters. The molecule has 7 heteroatoms. The van der Waals surface area contributed by atoms with Crippen molar-refractivity contribution in [1.29, 1.82) is 0 Å². The van der Waals surface area contributed by atoms with E-state index in [4.69, 9.17) is 5.11 Å². The van der Waals surface area contributed by atoms with Crippen molar-refractivity contribution in [3.05, 3.63) is 0 Å². The van der Waals surface area contributed by atoms with Crippen molar-refractivity contribution in [2.75, 3.05) is 13.1 Å². The molecule has 0 aromatic heterocycles. The standard InChI is InChI=1S/C10H17N3O4/c1-3-7-8(14)11-4-5-13(7)10(17)12-6(2)9(15)16/h6-7H,3-5H2,1-2H3,(H,11,14)(H,12,17)(H,15,16). The fraction of sp³-hybridized carbons (Fsp3) is 0.700. The Morgan fingerprint density at radius 1 is 1.65 bits per heavy atom. The Morgan fingerprint density at radius 2 is 2.29 bits per heavy atom. The fourth-order valence-electron chi connectivity index (χ4n) is 1.69. The lowest BCUT2D eigenvalue weighted by atomic mass is 10.1. The smallest absolute Gasteiger partial charge is 0.325 e. The van der Waals surface area contributed by atoms with Crippen LogP contribution in [0, 0.1) is 0 Å². The number of nitrogens with zero attached hydrogens (tertiary/aromatic N) is 1. The molecule has 1 rings (SSSR count). The van der Waals surface area contributed by atoms with Gasteiger partial charge in [-0.05, 0) is 13.3 Å². The second kappa shape index (κ2) is 5.51. The van der Waals surface area contributed by atoms with Crippen molar-refractivity contribution in [2.24, 2.45) is 0 Å². The van der Waals surface area contributed by atoms with E-state index in [2.05, 4.69) is 10.6 Å². The van der Waals surface area contributed by atoms with Crippen molar-refractivity contribution < 1.29 is 19.5 Å². The van der Waals surface area contributed by atoms with Crippen LogP contribution in [-0.4, -0.2) is 53.1 Å². The number of hydrogen-bond acceptors (Lipinski definition) is 3. The third-order valence-corrected chi connectivity index (χ3v) is 2.69. The van der Waals surface area contributed by atoms with Gasteiger partial charge in [0.05, 0.1) is 0 Å². The number of amides is 3. The fourth-order valence-corrected chi connectivity index (χ4v) is 1.69. The predicted octanol–water partition coefficient (Wildman–Crippen LogP) is -0.620. The van der Waals surface area contributed by atoms with E-state index in [1.807, 2.05) is 0 Å². The third-order valence-electron chi connectivity index (χ3n) is 2.69. The topological polar surface area (TPSA) is 98.7 Å². The summed E-state index contributed by atoms with van der Waals surface area (Å²) in [5.74, 6) is -1.30. The van der Waals surface area contributed by atoms with Crippen LogP contribution in [0.5, 0.6) is 0 Å². The summed E-state index contributed by atoms with van der Waals surface area (Å²) in [6, 6.07) is -2.00. The average molecular weight is 243 g/mol. The second-order valence-corrected chi connectivity index (χ2v) is 3.92. The molecule has 2 unspecified atom stereocenters. The number of rotatable bonds is 3. The average Bonchev–Trinajstić information content (AvgIpc) is 2.28. The molecule has 17 heavy (non-hydrogen) atoms. The minimum Gasteiger partial charge on any atom is -0.480 e. The van der Waals surface area contributed by atoms with Crippen LogP contribution in [0.2, 0.25) is 0 Å². The van der Waals surface area contributed by atoms with Gasteiger partial charge < -0.3 is 20.6 Å². The molecule has 1 saturated heterocycles. The SMILES string of the molecule is CCC1C(=O)NCCN1C(=O)NC(C)C(=O)O. The Bertz CT molecular complexity index is 332. The maximum Gasteiger partial charge on any atom is 0.325 e. The van der Waals surface area contributed by atoms with Crippen LogP contribution < -0.4 is 10.6 Å². The summed E-state index contributed by atoms with van der Waals surface area (Å²) in [5, 5.41) is 13.7. The van der Waals surface area contributed by atoms with Crippen LogP contribution in [-0.2, 0) is 9.59 Å². The van der Waals surface area contributed by atoms with Crippen molar-refractivity contribution in [3.63, 3.8) is 0 Å². The number of aliphatic carboxylic acids is 1. The van der Waals surface area contributed by atoms with Crippen molar-refractivity contribution in [2.45, 2.75) is 32.4 Å². The summed E-state index contributed by atoms with van der Waals surface area (Å²) in [4.78, 5) is 35.3. The highest BCUT2D eigenvalue weighted by atomic mass is 16.4. The van der Waals surface area contributed by atoms with Crippen molar-refractivity contribution in [1.82, 2.24) is 15.5 Å². The number of carbonyl (C=O) groups is 3. The molecule has 96 valence electrons. The van der Waals surface area contributed by atoms with Crippen LogP contribution in [0.4, 0.5) is 4.79 Å². The quantitative estimate of drug-likeness (QED) is 0.615. The molecule has 1 aliphatic rings. The number of nitrogens with one attached hydrogen (secondary N) is 2. The lowest BCUT2D eigenvalue weighted by Crippen LogP contribution is -2.60. The lowest BCUT2D eigenvalue weighted by molar-refractivity contribution is -0.138. The van der Waals surface area contributed by atoms with E-state index in [9.17, 15) is 14.4 Å². The molecular formula is C10H17N3O4. The summed E-state index contributed by atoms with van der Waals surface area (Å²) in [5.41, 5.74) is 0. The Morgan fingerprint density at radius 3 is 2.82 bits per heavy atom. The molecule has 1 aliphatic heterocycles. The summed E-state index contributed by atoms with van der Waals surface area (Å²) in [6.45, 7) is 3.97. The maximum atomic E-state index is 11.8. The predicted molar refractivity (Wildman–Crippen MR) is 59.4 cm³/mol. The molecule has 0 aromatic rings. The number of carboxylic acids is 1. The van der Waals surface area contributed by atoms with E-state index in [-0.39, 0.29) is 5.91 Å². The molecule has 7 nitrogen and oxygen atoms in total. The van der Waals surface area contributed by atoms with Gasteiger partial charge in [0, 0.05) is 13.1 Å². The zero-order valence-corrected chi connectivity index (χ0v) is 9.90. The van der Waals surface area contributed by atoms with Gasteiger partial charge >= 0.3 is 12.0 Å². The molecule has 3 amide bonds. The third kappa shape index (κ3) is 3.08. The zero-order chi connectivity index (χ0) is 13.0. The van der Waals surface area contributed by atoms with Gasteiger partial charge in [-0.2, -0.15) is 0 Å². The van der Waals surface area contributed by atoms with Gasteiger partial charge in [0.1, 0.15) is 12.1 Å². The molecule has 0 aliphatic carbocycles. The molecule has 0 saturated carbocycles. The Balaban J connectivity index is 2.66. The molecule has 0 radical (unpaired) electrons. The Hall–Kier alpha value is -1.79. The minimum absolute atomic E-state index is 0.197. The molecular weight excluding hydrogens is 226 g/mol. The summed E-state index contributed by atoms with van der Waals surface area (Å²) >= 11 is 0. The Labute approximate surface area is 99.2 Å². The first-order valence-corrected chi connectivity index (χ1v) is 5.55. The number of carboxylic acid groups (broad SMARTS) is 1. The molecule has 1 fully saturated rings. The molecule has 0 spiro atoms. The first kappa shape index (κ1) is 13.3. The first-order valence-electron chi connectivity index (χ1n) is 5.55. The summed E-state index contributed by atoms with van der Waals surface area (Å²) in [7, 11) is 0. The van der Waals surface area contributed by atoms with Gasteiger partial charge in [-0.3, -0.25) is 9.59 Å². The van der Waals surface area contributed by atoms with Crippen LogP contribution >= 0.6 is 0 Å². The van der Waals surface area contributed by atoms with Gasteiger partial charge in [0.25, 0.3) is 0 Å². The number of piperazine rings is 1. The van der Waals surface area contributed by atoms with Gasteiger partial charge in [0.2, 0.25) is 5.91 Å². The molecule has 0 aromatic carbocycles. The highest BCUT2D eigenvalue weighted by Gasteiger charge is 2.32. The van der Waals surface area contributed by atoms with Gasteiger partial charge in [-0.1, -0.05) is 6.92 Å². The largest absolute Gasteiger partial charge is 0.480 e. The molecule has 1 heterocycles. The molecule has 0 bridgehead atoms.